The number of unbranched alkanes of at least 4 members (excludes halogenated alkanes) is 1. The monoisotopic (exact) mass is 225 g/mol. The van der Waals surface area contributed by atoms with E-state index in [2.05, 4.69) is 44.1 Å². The van der Waals surface area contributed by atoms with Crippen molar-refractivity contribution in [3.05, 3.63) is 24.9 Å². The van der Waals surface area contributed by atoms with Crippen LogP contribution in [0.1, 0.15) is 19.3 Å². The molecule has 0 bridgehead atoms. The molecule has 0 aliphatic heterocycles. The normalized spacial score (nSPS) is 12.6. The van der Waals surface area contributed by atoms with Crippen molar-refractivity contribution in [3.63, 3.8) is 0 Å². The molecule has 0 rings (SSSR count). The first-order valence-corrected chi connectivity index (χ1v) is 5.89. The largest absolute Gasteiger partial charge is 0.378 e. The minimum atomic E-state index is 0.0247. The molecule has 3 nitrogen and oxygen atoms in total. The Kier molecular flexibility index (Phi) is 7.95. The van der Waals surface area contributed by atoms with Crippen molar-refractivity contribution in [3.8, 4) is 0 Å². The molecule has 0 aliphatic rings. The fraction of sp³-hybridized carbons (Fsp3) is 0.692. The third-order valence-electron chi connectivity index (χ3n) is 2.66. The number of nitrogens with zero attached hydrogens (tertiary/aromatic N) is 2. The van der Waals surface area contributed by atoms with E-state index in [1.54, 1.807) is 6.08 Å². The predicted molar refractivity (Wildman–Crippen MR) is 72.3 cm³/mol. The molecule has 94 valence electrons. The van der Waals surface area contributed by atoms with Crippen molar-refractivity contribution in [2.45, 2.75) is 25.3 Å². The first-order chi connectivity index (χ1) is 7.47. The van der Waals surface area contributed by atoms with E-state index in [1.807, 2.05) is 0 Å². The van der Waals surface area contributed by atoms with Crippen molar-refractivity contribution in [2.24, 2.45) is 5.73 Å². The lowest BCUT2D eigenvalue weighted by Gasteiger charge is -2.23. The van der Waals surface area contributed by atoms with Crippen LogP contribution in [0.25, 0.3) is 0 Å². The van der Waals surface area contributed by atoms with Crippen LogP contribution in [-0.4, -0.2) is 50.1 Å². The molecule has 0 aliphatic carbocycles. The molecule has 0 heterocycles. The van der Waals surface area contributed by atoms with Crippen LogP contribution in [0.5, 0.6) is 0 Å². The van der Waals surface area contributed by atoms with E-state index >= 15 is 0 Å². The molecule has 0 saturated carbocycles. The zero-order valence-corrected chi connectivity index (χ0v) is 11.1. The lowest BCUT2D eigenvalue weighted by Crippen LogP contribution is -2.25. The third kappa shape index (κ3) is 7.49. The van der Waals surface area contributed by atoms with Crippen LogP contribution in [0.2, 0.25) is 0 Å². The summed E-state index contributed by atoms with van der Waals surface area (Å²) in [6.07, 6.45) is 4.98. The Balaban J connectivity index is 3.67. The quantitative estimate of drug-likeness (QED) is 0.479. The van der Waals surface area contributed by atoms with Crippen molar-refractivity contribution in [2.75, 3.05) is 34.2 Å². The minimum absolute atomic E-state index is 0.0247. The molecule has 2 N–H and O–H groups in total. The highest BCUT2D eigenvalue weighted by molar-refractivity contribution is 5.00. The van der Waals surface area contributed by atoms with Gasteiger partial charge in [0.1, 0.15) is 0 Å². The molecule has 1 unspecified atom stereocenters. The van der Waals surface area contributed by atoms with Gasteiger partial charge in [0.15, 0.2) is 0 Å². The molecule has 1 atom stereocenters. The second-order valence-electron chi connectivity index (χ2n) is 4.60. The highest BCUT2D eigenvalue weighted by Gasteiger charge is 2.05. The van der Waals surface area contributed by atoms with Gasteiger partial charge in [-0.25, -0.2) is 0 Å². The summed E-state index contributed by atoms with van der Waals surface area (Å²) in [4.78, 5) is 4.40. The summed E-state index contributed by atoms with van der Waals surface area (Å²) in [5, 5.41) is 0. The maximum atomic E-state index is 5.79. The van der Waals surface area contributed by atoms with E-state index < -0.39 is 0 Å². The second-order valence-corrected chi connectivity index (χ2v) is 4.60. The fourth-order valence-electron chi connectivity index (χ4n) is 1.45. The van der Waals surface area contributed by atoms with Gasteiger partial charge in [-0.05, 0) is 33.5 Å². The van der Waals surface area contributed by atoms with Crippen molar-refractivity contribution >= 4 is 0 Å². The Bertz CT molecular complexity index is 211. The van der Waals surface area contributed by atoms with Crippen LogP contribution >= 0.6 is 0 Å². The van der Waals surface area contributed by atoms with Crippen LogP contribution < -0.4 is 5.73 Å². The lowest BCUT2D eigenvalue weighted by molar-refractivity contribution is 0.351. The zero-order chi connectivity index (χ0) is 12.6. The SMILES string of the molecule is C=CC(N)CC(=C)N(C)CCCCN(C)C. The first-order valence-electron chi connectivity index (χ1n) is 5.89. The Morgan fingerprint density at radius 2 is 1.81 bits per heavy atom. The van der Waals surface area contributed by atoms with Crippen LogP contribution in [0, 0.1) is 0 Å². The molecule has 0 radical (unpaired) electrons. The van der Waals surface area contributed by atoms with E-state index in [1.165, 1.54) is 12.8 Å². The Labute approximate surface area is 101 Å². The van der Waals surface area contributed by atoms with Gasteiger partial charge in [0.25, 0.3) is 0 Å². The summed E-state index contributed by atoms with van der Waals surface area (Å²) < 4.78 is 0. The van der Waals surface area contributed by atoms with Crippen molar-refractivity contribution in [1.29, 1.82) is 0 Å². The molecule has 0 saturated heterocycles. The summed E-state index contributed by atoms with van der Waals surface area (Å²) >= 11 is 0. The van der Waals surface area contributed by atoms with Gasteiger partial charge in [-0.3, -0.25) is 0 Å². The number of rotatable bonds is 9. The Hall–Kier alpha value is -0.800. The van der Waals surface area contributed by atoms with Gasteiger partial charge in [0.05, 0.1) is 0 Å². The van der Waals surface area contributed by atoms with Crippen LogP contribution in [0.15, 0.2) is 24.9 Å². The molecule has 0 aromatic heterocycles. The topological polar surface area (TPSA) is 32.5 Å². The van der Waals surface area contributed by atoms with Crippen molar-refractivity contribution < 1.29 is 0 Å². The van der Waals surface area contributed by atoms with Crippen LogP contribution in [0.3, 0.4) is 0 Å². The average Bonchev–Trinajstić information content (AvgIpc) is 2.23. The molecular formula is C13H27N3. The third-order valence-corrected chi connectivity index (χ3v) is 2.66. The van der Waals surface area contributed by atoms with Gasteiger partial charge in [-0.2, -0.15) is 0 Å². The van der Waals surface area contributed by atoms with E-state index in [-0.39, 0.29) is 6.04 Å². The Morgan fingerprint density at radius 1 is 1.25 bits per heavy atom. The van der Waals surface area contributed by atoms with Crippen LogP contribution in [-0.2, 0) is 0 Å². The second kappa shape index (κ2) is 8.36. The highest BCUT2D eigenvalue weighted by Crippen LogP contribution is 2.08. The summed E-state index contributed by atoms with van der Waals surface area (Å²) in [7, 11) is 6.28. The number of hydrogen-bond acceptors (Lipinski definition) is 3. The Morgan fingerprint density at radius 3 is 2.31 bits per heavy atom. The van der Waals surface area contributed by atoms with E-state index in [0.717, 1.165) is 25.2 Å². The molecular weight excluding hydrogens is 198 g/mol. The molecule has 0 aromatic rings. The van der Waals surface area contributed by atoms with Gasteiger partial charge >= 0.3 is 0 Å². The van der Waals surface area contributed by atoms with E-state index in [0.29, 0.717) is 0 Å². The first kappa shape index (κ1) is 15.2. The van der Waals surface area contributed by atoms with E-state index in [4.69, 9.17) is 5.73 Å². The number of nitrogens with two attached hydrogens (primary N) is 1. The fourth-order valence-corrected chi connectivity index (χ4v) is 1.45. The predicted octanol–water partition coefficient (Wildman–Crippen LogP) is 1.68. The summed E-state index contributed by atoms with van der Waals surface area (Å²) in [5.41, 5.74) is 6.89. The smallest absolute Gasteiger partial charge is 0.0276 e. The summed E-state index contributed by atoms with van der Waals surface area (Å²) in [6, 6.07) is 0.0247. The minimum Gasteiger partial charge on any atom is -0.378 e. The van der Waals surface area contributed by atoms with Gasteiger partial charge in [-0.1, -0.05) is 12.7 Å². The van der Waals surface area contributed by atoms with Crippen molar-refractivity contribution in [1.82, 2.24) is 9.80 Å². The standard InChI is InChI=1S/C13H27N3/c1-6-13(14)11-12(2)16(5)10-8-7-9-15(3)4/h6,13H,1-2,7-11,14H2,3-5H3. The maximum Gasteiger partial charge on any atom is 0.0276 e. The molecule has 0 aromatic carbocycles. The molecule has 0 amide bonds. The van der Waals surface area contributed by atoms with E-state index in [9.17, 15) is 0 Å². The lowest BCUT2D eigenvalue weighted by atomic mass is 10.1. The zero-order valence-electron chi connectivity index (χ0n) is 11.1. The molecule has 16 heavy (non-hydrogen) atoms. The number of hydrogen-bond donors (Lipinski definition) is 1. The van der Waals surface area contributed by atoms with Gasteiger partial charge < -0.3 is 15.5 Å². The summed E-state index contributed by atoms with van der Waals surface area (Å²) in [6.45, 7) is 9.92. The van der Waals surface area contributed by atoms with Gasteiger partial charge in [-0.15, -0.1) is 6.58 Å². The molecule has 3 heteroatoms. The molecule has 0 spiro atoms. The maximum absolute atomic E-state index is 5.79. The molecule has 0 fully saturated rings. The highest BCUT2D eigenvalue weighted by atomic mass is 15.1. The van der Waals surface area contributed by atoms with Crippen LogP contribution in [0.4, 0.5) is 0 Å². The average molecular weight is 225 g/mol. The summed E-state index contributed by atoms with van der Waals surface area (Å²) in [5.74, 6) is 0. The van der Waals surface area contributed by atoms with Gasteiger partial charge in [0.2, 0.25) is 0 Å². The van der Waals surface area contributed by atoms with Gasteiger partial charge in [0, 0.05) is 31.8 Å².